The Morgan fingerprint density at radius 2 is 2.05 bits per heavy atom. The molecule has 1 aromatic carbocycles. The molecule has 7 heteroatoms. The van der Waals surface area contributed by atoms with Crippen molar-refractivity contribution in [2.45, 2.75) is 0 Å². The van der Waals surface area contributed by atoms with E-state index in [-0.39, 0.29) is 11.6 Å². The Hall–Kier alpha value is -2.70. The number of nitrogens with one attached hydrogen (secondary N) is 1. The summed E-state index contributed by atoms with van der Waals surface area (Å²) in [5, 5.41) is 6.25. The Balaban J connectivity index is 1.75. The minimum absolute atomic E-state index is 0.0664. The highest BCUT2D eigenvalue weighted by Gasteiger charge is 2.16. The van der Waals surface area contributed by atoms with Crippen LogP contribution in [0.2, 0.25) is 0 Å². The zero-order valence-electron chi connectivity index (χ0n) is 10.7. The molecule has 3 rings (SSSR count). The molecule has 0 spiro atoms. The molecular weight excluding hydrogens is 264 g/mol. The number of fused-ring (bicyclic) bond motifs is 1. The summed E-state index contributed by atoms with van der Waals surface area (Å²) in [6.45, 7) is 1.01. The second-order valence-electron chi connectivity index (χ2n) is 4.05. The van der Waals surface area contributed by atoms with Crippen LogP contribution >= 0.6 is 0 Å². The highest BCUT2D eigenvalue weighted by atomic mass is 16.6. The van der Waals surface area contributed by atoms with E-state index in [1.54, 1.807) is 18.2 Å². The summed E-state index contributed by atoms with van der Waals surface area (Å²) < 4.78 is 20.6. The van der Waals surface area contributed by atoms with E-state index >= 15 is 0 Å². The topological polar surface area (TPSA) is 82.8 Å². The largest absolute Gasteiger partial charge is 0.486 e. The minimum atomic E-state index is -0.419. The van der Waals surface area contributed by atoms with Gasteiger partial charge in [0, 0.05) is 11.8 Å². The summed E-state index contributed by atoms with van der Waals surface area (Å²) in [5.41, 5.74) is 0.578. The van der Waals surface area contributed by atoms with Gasteiger partial charge in [0.05, 0.1) is 13.2 Å². The fourth-order valence-electron chi connectivity index (χ4n) is 1.78. The maximum absolute atomic E-state index is 11.9. The first-order chi connectivity index (χ1) is 9.76. The molecule has 0 bridgehead atoms. The number of aromatic nitrogens is 1. The first-order valence-electron chi connectivity index (χ1n) is 5.98. The summed E-state index contributed by atoms with van der Waals surface area (Å²) in [6.07, 6.45) is 0. The van der Waals surface area contributed by atoms with Gasteiger partial charge in [0.15, 0.2) is 11.5 Å². The van der Waals surface area contributed by atoms with Gasteiger partial charge in [-0.25, -0.2) is 0 Å². The van der Waals surface area contributed by atoms with Crippen LogP contribution in [-0.2, 0) is 0 Å². The van der Waals surface area contributed by atoms with E-state index in [4.69, 9.17) is 18.7 Å². The van der Waals surface area contributed by atoms with E-state index in [2.05, 4.69) is 10.5 Å². The number of carbonyl (C=O) groups excluding carboxylic acids is 1. The van der Waals surface area contributed by atoms with E-state index in [0.717, 1.165) is 0 Å². The molecule has 1 aliphatic heterocycles. The van der Waals surface area contributed by atoms with Gasteiger partial charge in [-0.3, -0.25) is 4.79 Å². The number of carbonyl (C=O) groups is 1. The second kappa shape index (κ2) is 5.12. The van der Waals surface area contributed by atoms with E-state index in [0.29, 0.717) is 30.4 Å². The fourth-order valence-corrected chi connectivity index (χ4v) is 1.78. The van der Waals surface area contributed by atoms with Crippen molar-refractivity contribution in [3.8, 4) is 17.4 Å². The van der Waals surface area contributed by atoms with Gasteiger partial charge >= 0.3 is 0 Å². The number of methoxy groups -OCH3 is 1. The molecule has 1 amide bonds. The number of rotatable bonds is 3. The Kier molecular flexibility index (Phi) is 3.16. The Morgan fingerprint density at radius 3 is 2.80 bits per heavy atom. The van der Waals surface area contributed by atoms with Gasteiger partial charge in [0.1, 0.15) is 13.2 Å². The van der Waals surface area contributed by atoms with Crippen LogP contribution < -0.4 is 19.5 Å². The lowest BCUT2D eigenvalue weighted by atomic mass is 10.2. The average molecular weight is 276 g/mol. The highest BCUT2D eigenvalue weighted by Crippen LogP contribution is 2.32. The summed E-state index contributed by atoms with van der Waals surface area (Å²) >= 11 is 0. The lowest BCUT2D eigenvalue weighted by Gasteiger charge is -2.18. The Bertz CT molecular complexity index is 637. The molecule has 1 aliphatic rings. The molecule has 7 nitrogen and oxygen atoms in total. The van der Waals surface area contributed by atoms with Crippen LogP contribution in [0.25, 0.3) is 0 Å². The van der Waals surface area contributed by atoms with Crippen molar-refractivity contribution in [1.82, 2.24) is 5.16 Å². The molecule has 104 valence electrons. The fraction of sp³-hybridized carbons (Fsp3) is 0.231. The van der Waals surface area contributed by atoms with Gasteiger partial charge in [-0.05, 0) is 17.3 Å². The molecule has 0 saturated heterocycles. The molecule has 1 aromatic heterocycles. The molecule has 1 N–H and O–H groups in total. The first kappa shape index (κ1) is 12.3. The molecule has 0 saturated carbocycles. The second-order valence-corrected chi connectivity index (χ2v) is 4.05. The molecule has 0 atom stereocenters. The normalized spacial score (nSPS) is 12.8. The molecule has 2 heterocycles. The van der Waals surface area contributed by atoms with E-state index in [9.17, 15) is 4.79 Å². The predicted octanol–water partition coefficient (Wildman–Crippen LogP) is 1.71. The zero-order valence-corrected chi connectivity index (χ0v) is 10.7. The van der Waals surface area contributed by atoms with Crippen LogP contribution in [0.15, 0.2) is 28.8 Å². The number of hydrogen-bond acceptors (Lipinski definition) is 6. The van der Waals surface area contributed by atoms with Crippen molar-refractivity contribution in [1.29, 1.82) is 0 Å². The first-order valence-corrected chi connectivity index (χ1v) is 5.98. The summed E-state index contributed by atoms with van der Waals surface area (Å²) in [6, 6.07) is 6.57. The number of anilines is 1. The van der Waals surface area contributed by atoms with Gasteiger partial charge in [0.25, 0.3) is 11.8 Å². The molecule has 20 heavy (non-hydrogen) atoms. The van der Waals surface area contributed by atoms with E-state index in [1.807, 2.05) is 0 Å². The molecule has 0 unspecified atom stereocenters. The molecule has 2 aromatic rings. The summed E-state index contributed by atoms with van der Waals surface area (Å²) in [7, 11) is 1.44. The van der Waals surface area contributed by atoms with Crippen molar-refractivity contribution in [2.24, 2.45) is 0 Å². The highest BCUT2D eigenvalue weighted by molar-refractivity contribution is 6.02. The number of benzene rings is 1. The van der Waals surface area contributed by atoms with Crippen LogP contribution in [0.1, 0.15) is 10.6 Å². The summed E-state index contributed by atoms with van der Waals surface area (Å²) in [4.78, 5) is 11.9. The van der Waals surface area contributed by atoms with Gasteiger partial charge in [-0.1, -0.05) is 0 Å². The van der Waals surface area contributed by atoms with Gasteiger partial charge < -0.3 is 24.1 Å². The quantitative estimate of drug-likeness (QED) is 0.918. The van der Waals surface area contributed by atoms with Crippen molar-refractivity contribution in [3.05, 3.63) is 30.0 Å². The van der Waals surface area contributed by atoms with Crippen LogP contribution in [-0.4, -0.2) is 31.4 Å². The lowest BCUT2D eigenvalue weighted by molar-refractivity contribution is 0.0987. The minimum Gasteiger partial charge on any atom is -0.486 e. The van der Waals surface area contributed by atoms with Gasteiger partial charge in [0.2, 0.25) is 5.76 Å². The third kappa shape index (κ3) is 2.37. The van der Waals surface area contributed by atoms with Crippen molar-refractivity contribution in [2.75, 3.05) is 25.6 Å². The molecular formula is C13H12N2O5. The molecule has 0 fully saturated rings. The number of ether oxygens (including phenoxy) is 3. The maximum atomic E-state index is 11.9. The van der Waals surface area contributed by atoms with E-state index < -0.39 is 5.91 Å². The Labute approximate surface area is 114 Å². The monoisotopic (exact) mass is 276 g/mol. The number of amides is 1. The maximum Gasteiger partial charge on any atom is 0.294 e. The van der Waals surface area contributed by atoms with Crippen LogP contribution in [0, 0.1) is 0 Å². The van der Waals surface area contributed by atoms with Crippen molar-refractivity contribution < 1.29 is 23.5 Å². The number of hydrogen-bond donors (Lipinski definition) is 1. The zero-order chi connectivity index (χ0) is 13.9. The third-order valence-corrected chi connectivity index (χ3v) is 2.72. The number of nitrogens with zero attached hydrogens (tertiary/aromatic N) is 1. The van der Waals surface area contributed by atoms with Crippen LogP contribution in [0.5, 0.6) is 17.4 Å². The summed E-state index contributed by atoms with van der Waals surface area (Å²) in [5.74, 6) is 1.16. The third-order valence-electron chi connectivity index (χ3n) is 2.72. The van der Waals surface area contributed by atoms with Gasteiger partial charge in [-0.2, -0.15) is 0 Å². The lowest BCUT2D eigenvalue weighted by Crippen LogP contribution is -2.16. The standard InChI is InChI=1S/C13H12N2O5/c1-17-12-7-11(20-15-12)13(16)14-8-2-3-9-10(6-8)19-5-4-18-9/h2-3,6-7H,4-5H2,1H3,(H,14,16). The van der Waals surface area contributed by atoms with E-state index in [1.165, 1.54) is 13.2 Å². The average Bonchev–Trinajstić information content (AvgIpc) is 2.96. The van der Waals surface area contributed by atoms with Crippen molar-refractivity contribution >= 4 is 11.6 Å². The Morgan fingerprint density at radius 1 is 1.25 bits per heavy atom. The van der Waals surface area contributed by atoms with Gasteiger partial charge in [-0.15, -0.1) is 0 Å². The SMILES string of the molecule is COc1cc(C(=O)Nc2ccc3c(c2)OCCO3)on1. The predicted molar refractivity (Wildman–Crippen MR) is 68.4 cm³/mol. The van der Waals surface area contributed by atoms with Crippen molar-refractivity contribution in [3.63, 3.8) is 0 Å². The smallest absolute Gasteiger partial charge is 0.294 e. The van der Waals surface area contributed by atoms with Crippen LogP contribution in [0.3, 0.4) is 0 Å². The van der Waals surface area contributed by atoms with Crippen LogP contribution in [0.4, 0.5) is 5.69 Å². The molecule has 0 radical (unpaired) electrons. The molecule has 0 aliphatic carbocycles.